The Morgan fingerprint density at radius 2 is 2.42 bits per heavy atom. The van der Waals surface area contributed by atoms with Crippen molar-refractivity contribution < 1.29 is 4.79 Å². The standard InChI is InChI=1S/C9H16ClNO/c1-2-9(12)11-5-3-4-8(6-10)7-11/h8H,2-7H2,1H3. The zero-order valence-electron chi connectivity index (χ0n) is 7.55. The molecule has 0 aromatic carbocycles. The van der Waals surface area contributed by atoms with Crippen molar-refractivity contribution in [1.29, 1.82) is 0 Å². The number of carbonyl (C=O) groups is 1. The number of hydrogen-bond acceptors (Lipinski definition) is 1. The fourth-order valence-electron chi connectivity index (χ4n) is 1.64. The Hall–Kier alpha value is -0.240. The van der Waals surface area contributed by atoms with Crippen molar-refractivity contribution in [2.24, 2.45) is 5.92 Å². The largest absolute Gasteiger partial charge is 0.342 e. The van der Waals surface area contributed by atoms with Gasteiger partial charge in [-0.1, -0.05) is 6.92 Å². The lowest BCUT2D eigenvalue weighted by Crippen LogP contribution is -2.40. The van der Waals surface area contributed by atoms with Gasteiger partial charge in [0.15, 0.2) is 0 Å². The molecule has 1 saturated heterocycles. The van der Waals surface area contributed by atoms with Crippen LogP contribution in [0.2, 0.25) is 0 Å². The minimum absolute atomic E-state index is 0.268. The number of likely N-dealkylation sites (tertiary alicyclic amines) is 1. The number of amides is 1. The molecular formula is C9H16ClNO. The zero-order valence-corrected chi connectivity index (χ0v) is 8.31. The average molecular weight is 190 g/mol. The maximum Gasteiger partial charge on any atom is 0.222 e. The number of hydrogen-bond donors (Lipinski definition) is 0. The van der Waals surface area contributed by atoms with E-state index in [0.29, 0.717) is 18.2 Å². The van der Waals surface area contributed by atoms with E-state index < -0.39 is 0 Å². The highest BCUT2D eigenvalue weighted by Gasteiger charge is 2.21. The van der Waals surface area contributed by atoms with Crippen LogP contribution in [0.3, 0.4) is 0 Å². The molecule has 12 heavy (non-hydrogen) atoms. The number of alkyl halides is 1. The third kappa shape index (κ3) is 2.37. The maximum absolute atomic E-state index is 11.3. The molecule has 0 spiro atoms. The van der Waals surface area contributed by atoms with E-state index in [1.165, 1.54) is 6.42 Å². The monoisotopic (exact) mass is 189 g/mol. The van der Waals surface area contributed by atoms with E-state index in [2.05, 4.69) is 0 Å². The predicted octanol–water partition coefficient (Wildman–Crippen LogP) is 1.87. The zero-order chi connectivity index (χ0) is 8.97. The van der Waals surface area contributed by atoms with Crippen molar-refractivity contribution in [3.8, 4) is 0 Å². The first-order chi connectivity index (χ1) is 5.77. The summed E-state index contributed by atoms with van der Waals surface area (Å²) in [7, 11) is 0. The average Bonchev–Trinajstić information content (AvgIpc) is 2.17. The van der Waals surface area contributed by atoms with Crippen molar-refractivity contribution in [3.05, 3.63) is 0 Å². The number of halogens is 1. The lowest BCUT2D eigenvalue weighted by atomic mass is 10.00. The van der Waals surface area contributed by atoms with Gasteiger partial charge in [0.2, 0.25) is 5.91 Å². The minimum atomic E-state index is 0.268. The molecule has 1 rings (SSSR count). The second-order valence-electron chi connectivity index (χ2n) is 3.36. The van der Waals surface area contributed by atoms with E-state index in [0.717, 1.165) is 19.5 Å². The van der Waals surface area contributed by atoms with Crippen LogP contribution in [0, 0.1) is 5.92 Å². The predicted molar refractivity (Wildman–Crippen MR) is 50.3 cm³/mol. The lowest BCUT2D eigenvalue weighted by Gasteiger charge is -2.31. The second kappa shape index (κ2) is 4.70. The Balaban J connectivity index is 2.40. The van der Waals surface area contributed by atoms with E-state index in [1.54, 1.807) is 0 Å². The Labute approximate surface area is 78.9 Å². The van der Waals surface area contributed by atoms with Crippen molar-refractivity contribution in [1.82, 2.24) is 4.90 Å². The molecule has 1 heterocycles. The fourth-order valence-corrected chi connectivity index (χ4v) is 1.89. The van der Waals surface area contributed by atoms with E-state index >= 15 is 0 Å². The summed E-state index contributed by atoms with van der Waals surface area (Å²) in [5.74, 6) is 1.48. The quantitative estimate of drug-likeness (QED) is 0.608. The SMILES string of the molecule is CCC(=O)N1CCCC(CCl)C1. The van der Waals surface area contributed by atoms with Gasteiger partial charge in [0.25, 0.3) is 0 Å². The molecule has 0 bridgehead atoms. The van der Waals surface area contributed by atoms with Gasteiger partial charge in [-0.05, 0) is 18.8 Å². The lowest BCUT2D eigenvalue weighted by molar-refractivity contribution is -0.132. The summed E-state index contributed by atoms with van der Waals surface area (Å²) in [4.78, 5) is 13.3. The van der Waals surface area contributed by atoms with Gasteiger partial charge in [-0.2, -0.15) is 0 Å². The molecule has 1 unspecified atom stereocenters. The molecule has 1 aliphatic heterocycles. The molecule has 1 fully saturated rings. The molecule has 1 amide bonds. The van der Waals surface area contributed by atoms with Crippen molar-refractivity contribution in [2.75, 3.05) is 19.0 Å². The van der Waals surface area contributed by atoms with E-state index in [4.69, 9.17) is 11.6 Å². The van der Waals surface area contributed by atoms with Crippen molar-refractivity contribution >= 4 is 17.5 Å². The van der Waals surface area contributed by atoms with E-state index in [1.807, 2.05) is 11.8 Å². The Morgan fingerprint density at radius 1 is 1.67 bits per heavy atom. The van der Waals surface area contributed by atoms with Crippen LogP contribution in [0.4, 0.5) is 0 Å². The van der Waals surface area contributed by atoms with Crippen molar-refractivity contribution in [2.45, 2.75) is 26.2 Å². The molecule has 0 aromatic rings. The fraction of sp³-hybridized carbons (Fsp3) is 0.889. The summed E-state index contributed by atoms with van der Waals surface area (Å²) in [5, 5.41) is 0. The van der Waals surface area contributed by atoms with Crippen LogP contribution in [0.15, 0.2) is 0 Å². The van der Waals surface area contributed by atoms with E-state index in [-0.39, 0.29) is 5.91 Å². The molecule has 1 aliphatic rings. The Kier molecular flexibility index (Phi) is 3.86. The molecular weight excluding hydrogens is 174 g/mol. The molecule has 0 saturated carbocycles. The Bertz CT molecular complexity index is 161. The van der Waals surface area contributed by atoms with Gasteiger partial charge < -0.3 is 4.90 Å². The van der Waals surface area contributed by atoms with Gasteiger partial charge in [0, 0.05) is 25.4 Å². The number of rotatable bonds is 2. The first-order valence-electron chi connectivity index (χ1n) is 4.61. The third-order valence-corrected chi connectivity index (χ3v) is 2.83. The molecule has 0 aliphatic carbocycles. The van der Waals surface area contributed by atoms with Crippen LogP contribution in [0.5, 0.6) is 0 Å². The van der Waals surface area contributed by atoms with E-state index in [9.17, 15) is 4.79 Å². The van der Waals surface area contributed by atoms with Gasteiger partial charge in [0.05, 0.1) is 0 Å². The van der Waals surface area contributed by atoms with Gasteiger partial charge >= 0.3 is 0 Å². The summed E-state index contributed by atoms with van der Waals surface area (Å²) in [6.07, 6.45) is 2.91. The summed E-state index contributed by atoms with van der Waals surface area (Å²) in [5.41, 5.74) is 0. The first kappa shape index (κ1) is 9.85. The van der Waals surface area contributed by atoms with Crippen LogP contribution < -0.4 is 0 Å². The van der Waals surface area contributed by atoms with Crippen molar-refractivity contribution in [3.63, 3.8) is 0 Å². The number of nitrogens with zero attached hydrogens (tertiary/aromatic N) is 1. The smallest absolute Gasteiger partial charge is 0.222 e. The molecule has 0 radical (unpaired) electrons. The highest BCUT2D eigenvalue weighted by molar-refractivity contribution is 6.18. The minimum Gasteiger partial charge on any atom is -0.342 e. The molecule has 0 N–H and O–H groups in total. The highest BCUT2D eigenvalue weighted by Crippen LogP contribution is 2.17. The normalized spacial score (nSPS) is 24.2. The van der Waals surface area contributed by atoms with Gasteiger partial charge in [-0.15, -0.1) is 11.6 Å². The van der Waals surface area contributed by atoms with Gasteiger partial charge in [0.1, 0.15) is 0 Å². The molecule has 0 aromatic heterocycles. The Morgan fingerprint density at radius 3 is 3.00 bits per heavy atom. The van der Waals surface area contributed by atoms with Gasteiger partial charge in [-0.3, -0.25) is 4.79 Å². The van der Waals surface area contributed by atoms with Crippen LogP contribution in [-0.2, 0) is 4.79 Å². The second-order valence-corrected chi connectivity index (χ2v) is 3.66. The summed E-state index contributed by atoms with van der Waals surface area (Å²) in [6, 6.07) is 0. The van der Waals surface area contributed by atoms with Crippen LogP contribution in [0.25, 0.3) is 0 Å². The third-order valence-electron chi connectivity index (χ3n) is 2.39. The molecule has 3 heteroatoms. The number of carbonyl (C=O) groups excluding carboxylic acids is 1. The topological polar surface area (TPSA) is 20.3 Å². The van der Waals surface area contributed by atoms with Crippen LogP contribution in [0.1, 0.15) is 26.2 Å². The van der Waals surface area contributed by atoms with Gasteiger partial charge in [-0.25, -0.2) is 0 Å². The maximum atomic E-state index is 11.3. The van der Waals surface area contributed by atoms with Crippen LogP contribution in [-0.4, -0.2) is 29.8 Å². The molecule has 1 atom stereocenters. The first-order valence-corrected chi connectivity index (χ1v) is 5.15. The summed E-state index contributed by atoms with van der Waals surface area (Å²) in [6.45, 7) is 3.71. The van der Waals surface area contributed by atoms with Crippen LogP contribution >= 0.6 is 11.6 Å². The summed E-state index contributed by atoms with van der Waals surface area (Å²) >= 11 is 5.76. The molecule has 2 nitrogen and oxygen atoms in total. The number of piperidine rings is 1. The highest BCUT2D eigenvalue weighted by atomic mass is 35.5. The molecule has 70 valence electrons. The summed E-state index contributed by atoms with van der Waals surface area (Å²) < 4.78 is 0.